The third-order valence-corrected chi connectivity index (χ3v) is 9.89. The number of carbonyl (C=O) groups is 2. The van der Waals surface area contributed by atoms with Gasteiger partial charge < -0.3 is 44.1 Å². The summed E-state index contributed by atoms with van der Waals surface area (Å²) in [6.07, 6.45) is 6.05. The van der Waals surface area contributed by atoms with Gasteiger partial charge in [-0.05, 0) is 67.5 Å². The monoisotopic (exact) mass is 680 g/mol. The molecule has 2 N–H and O–H groups in total. The van der Waals surface area contributed by atoms with E-state index in [4.69, 9.17) is 23.7 Å². The molecule has 0 radical (unpaired) electrons. The van der Waals surface area contributed by atoms with Gasteiger partial charge in [0.15, 0.2) is 23.0 Å². The van der Waals surface area contributed by atoms with Crippen molar-refractivity contribution in [3.05, 3.63) is 83.6 Å². The van der Waals surface area contributed by atoms with E-state index in [1.54, 1.807) is 33.5 Å². The molecule has 4 heterocycles. The second kappa shape index (κ2) is 14.3. The molecule has 2 amide bonds. The summed E-state index contributed by atoms with van der Waals surface area (Å²) in [7, 11) is 4.82. The van der Waals surface area contributed by atoms with Crippen molar-refractivity contribution in [3.63, 3.8) is 0 Å². The highest BCUT2D eigenvalue weighted by molar-refractivity contribution is 6.03. The fourth-order valence-electron chi connectivity index (χ4n) is 7.17. The fraction of sp³-hybridized carbons (Fsp3) is 0.385. The summed E-state index contributed by atoms with van der Waals surface area (Å²) in [5, 5.41) is 6.91. The zero-order valence-corrected chi connectivity index (χ0v) is 28.9. The molecule has 1 saturated heterocycles. The Balaban J connectivity index is 0.921. The van der Waals surface area contributed by atoms with Gasteiger partial charge >= 0.3 is 0 Å². The van der Waals surface area contributed by atoms with Crippen LogP contribution in [0.3, 0.4) is 0 Å². The molecule has 0 spiro atoms. The molecule has 1 fully saturated rings. The lowest BCUT2D eigenvalue weighted by Crippen LogP contribution is -2.36. The number of amides is 2. The quantitative estimate of drug-likeness (QED) is 0.170. The minimum absolute atomic E-state index is 0.00711. The molecular weight excluding hydrogens is 636 g/mol. The van der Waals surface area contributed by atoms with Gasteiger partial charge in [0.1, 0.15) is 5.75 Å². The number of hydrogen-bond acceptors (Lipinski definition) is 9. The topological polar surface area (TPSA) is 111 Å². The number of ether oxygens (including phenoxy) is 5. The van der Waals surface area contributed by atoms with Gasteiger partial charge in [0.25, 0.3) is 11.8 Å². The number of hydrogen-bond donors (Lipinski definition) is 2. The minimum Gasteiger partial charge on any atom is -0.497 e. The lowest BCUT2D eigenvalue weighted by molar-refractivity contribution is 0.0751. The number of fused-ring (bicyclic) bond motifs is 4. The van der Waals surface area contributed by atoms with Crippen LogP contribution >= 0.6 is 0 Å². The SMILES string of the molecule is C=C1C[C@H]2CNc3cc(OCCCCCOc4cc5c(cc4OC)C(=O)N4C=C(c6ccc(OC)cc6)C[C@H]4CN5)c(OC)cc3C(=O)N2C1. The second-order valence-electron chi connectivity index (χ2n) is 13.1. The molecule has 3 aromatic carbocycles. The van der Waals surface area contributed by atoms with E-state index in [2.05, 4.69) is 17.2 Å². The van der Waals surface area contributed by atoms with Gasteiger partial charge in [0, 0.05) is 38.0 Å². The molecule has 0 aromatic heterocycles. The van der Waals surface area contributed by atoms with Crippen LogP contribution in [-0.2, 0) is 0 Å². The standard InChI is InChI=1S/C39H44N4O7/c1-24-14-27-20-40-32-18-36(34(47-3)16-30(32)38(44)42(27)22-24)49-12-6-5-7-13-50-37-19-33-31(17-35(37)48-4)39(45)43-23-26(15-28(43)21-41-33)25-8-10-29(46-2)11-9-25/h8-11,16-19,23,27-28,40-41H,1,5-7,12-15,20-22H2,2-4H3/t27-,28-/m0/s1. The molecule has 4 aliphatic rings. The van der Waals surface area contributed by atoms with E-state index >= 15 is 0 Å². The first-order valence-electron chi connectivity index (χ1n) is 17.2. The predicted molar refractivity (Wildman–Crippen MR) is 192 cm³/mol. The van der Waals surface area contributed by atoms with Crippen LogP contribution in [-0.4, -0.2) is 87.9 Å². The van der Waals surface area contributed by atoms with Gasteiger partial charge in [0.2, 0.25) is 0 Å². The van der Waals surface area contributed by atoms with Crippen molar-refractivity contribution in [1.29, 1.82) is 0 Å². The highest BCUT2D eigenvalue weighted by Gasteiger charge is 2.36. The van der Waals surface area contributed by atoms with Crippen molar-refractivity contribution >= 4 is 28.8 Å². The summed E-state index contributed by atoms with van der Waals surface area (Å²) in [4.78, 5) is 30.7. The van der Waals surface area contributed by atoms with Gasteiger partial charge in [-0.25, -0.2) is 0 Å². The molecule has 0 aliphatic carbocycles. The number of nitrogens with one attached hydrogen (secondary N) is 2. The van der Waals surface area contributed by atoms with E-state index in [9.17, 15) is 9.59 Å². The van der Waals surface area contributed by atoms with E-state index in [0.717, 1.165) is 65.9 Å². The van der Waals surface area contributed by atoms with Crippen molar-refractivity contribution in [2.24, 2.45) is 0 Å². The van der Waals surface area contributed by atoms with Crippen molar-refractivity contribution in [3.8, 4) is 28.7 Å². The molecule has 3 aromatic rings. The normalized spacial score (nSPS) is 19.2. The number of unbranched alkanes of at least 4 members (excludes halogenated alkanes) is 2. The third kappa shape index (κ3) is 6.51. The Hall–Kier alpha value is -5.32. The number of methoxy groups -OCH3 is 3. The third-order valence-electron chi connectivity index (χ3n) is 9.89. The van der Waals surface area contributed by atoms with Crippen LogP contribution in [0.4, 0.5) is 11.4 Å². The molecule has 0 saturated carbocycles. The number of nitrogens with zero attached hydrogens (tertiary/aromatic N) is 2. The van der Waals surface area contributed by atoms with Crippen LogP contribution in [0, 0.1) is 0 Å². The zero-order valence-electron chi connectivity index (χ0n) is 28.9. The van der Waals surface area contributed by atoms with Crippen molar-refractivity contribution in [2.45, 2.75) is 44.2 Å². The summed E-state index contributed by atoms with van der Waals surface area (Å²) >= 11 is 0. The highest BCUT2D eigenvalue weighted by Crippen LogP contribution is 2.40. The van der Waals surface area contributed by atoms with Crippen LogP contribution in [0.15, 0.2) is 66.9 Å². The Morgan fingerprint density at radius 3 is 1.92 bits per heavy atom. The average molecular weight is 681 g/mol. The lowest BCUT2D eigenvalue weighted by atomic mass is 10.0. The summed E-state index contributed by atoms with van der Waals surface area (Å²) in [5.41, 5.74) is 5.93. The molecule has 4 aliphatic heterocycles. The van der Waals surface area contributed by atoms with Gasteiger partial charge in [-0.3, -0.25) is 9.59 Å². The van der Waals surface area contributed by atoms with Crippen LogP contribution < -0.4 is 34.3 Å². The maximum atomic E-state index is 13.7. The van der Waals surface area contributed by atoms with Crippen molar-refractivity contribution in [1.82, 2.24) is 9.80 Å². The summed E-state index contributed by atoms with van der Waals surface area (Å²) in [6.45, 7) is 6.95. The Bertz CT molecular complexity index is 1820. The van der Waals surface area contributed by atoms with Crippen molar-refractivity contribution < 1.29 is 33.3 Å². The largest absolute Gasteiger partial charge is 0.497 e. The number of anilines is 2. The summed E-state index contributed by atoms with van der Waals surface area (Å²) in [6, 6.07) is 15.3. The molecular formula is C39H44N4O7. The molecule has 262 valence electrons. The molecule has 0 unspecified atom stereocenters. The number of rotatable bonds is 12. The first-order chi connectivity index (χ1) is 24.4. The van der Waals surface area contributed by atoms with Gasteiger partial charge in [-0.2, -0.15) is 0 Å². The zero-order chi connectivity index (χ0) is 34.8. The smallest absolute Gasteiger partial charge is 0.260 e. The Labute approximate surface area is 292 Å². The van der Waals surface area contributed by atoms with Gasteiger partial charge in [-0.1, -0.05) is 24.3 Å². The Morgan fingerprint density at radius 2 is 1.32 bits per heavy atom. The molecule has 7 rings (SSSR count). The Morgan fingerprint density at radius 1 is 0.720 bits per heavy atom. The van der Waals surface area contributed by atoms with E-state index in [1.807, 2.05) is 52.4 Å². The molecule has 50 heavy (non-hydrogen) atoms. The highest BCUT2D eigenvalue weighted by atomic mass is 16.5. The number of carbonyl (C=O) groups excluding carboxylic acids is 2. The number of benzene rings is 3. The first kappa shape index (κ1) is 33.2. The van der Waals surface area contributed by atoms with Crippen molar-refractivity contribution in [2.75, 3.05) is 64.8 Å². The second-order valence-corrected chi connectivity index (χ2v) is 13.1. The summed E-state index contributed by atoms with van der Waals surface area (Å²) in [5.74, 6) is 2.99. The van der Waals surface area contributed by atoms with E-state index < -0.39 is 0 Å². The predicted octanol–water partition coefficient (Wildman–Crippen LogP) is 6.22. The average Bonchev–Trinajstić information content (AvgIpc) is 3.68. The molecule has 11 nitrogen and oxygen atoms in total. The van der Waals surface area contributed by atoms with Crippen LogP contribution in [0.1, 0.15) is 58.4 Å². The van der Waals surface area contributed by atoms with Crippen LogP contribution in [0.5, 0.6) is 28.7 Å². The maximum Gasteiger partial charge on any atom is 0.260 e. The molecule has 2 atom stereocenters. The molecule has 11 heteroatoms. The Kier molecular flexibility index (Phi) is 9.47. The van der Waals surface area contributed by atoms with E-state index in [0.29, 0.717) is 67.0 Å². The fourth-order valence-corrected chi connectivity index (χ4v) is 7.17. The first-order valence-corrected chi connectivity index (χ1v) is 17.2. The van der Waals surface area contributed by atoms with E-state index in [1.165, 1.54) is 0 Å². The summed E-state index contributed by atoms with van der Waals surface area (Å²) < 4.78 is 28.8. The van der Waals surface area contributed by atoms with Gasteiger partial charge in [0.05, 0.1) is 69.1 Å². The van der Waals surface area contributed by atoms with E-state index in [-0.39, 0.29) is 23.9 Å². The lowest BCUT2D eigenvalue weighted by Gasteiger charge is -2.21. The molecule has 0 bridgehead atoms. The van der Waals surface area contributed by atoms with Crippen LogP contribution in [0.2, 0.25) is 0 Å². The van der Waals surface area contributed by atoms with Crippen LogP contribution in [0.25, 0.3) is 5.57 Å². The maximum absolute atomic E-state index is 13.7. The minimum atomic E-state index is -0.0662. The van der Waals surface area contributed by atoms with Gasteiger partial charge in [-0.15, -0.1) is 0 Å².